The number of carbonyl (C=O) groups excluding carboxylic acids is 1. The summed E-state index contributed by atoms with van der Waals surface area (Å²) in [5.41, 5.74) is 7.21. The third kappa shape index (κ3) is 4.77. The zero-order chi connectivity index (χ0) is 24.9. The maximum absolute atomic E-state index is 12.6. The fraction of sp³-hybridized carbons (Fsp3) is 0.154. The molecule has 1 aliphatic rings. The van der Waals surface area contributed by atoms with Gasteiger partial charge >= 0.3 is 5.97 Å². The van der Waals surface area contributed by atoms with Crippen LogP contribution < -0.4 is 19.9 Å². The molecule has 9 heteroatoms. The normalized spacial score (nSPS) is 14.3. The number of nitriles is 1. The summed E-state index contributed by atoms with van der Waals surface area (Å²) in [6, 6.07) is 19.7. The molecule has 0 amide bonds. The summed E-state index contributed by atoms with van der Waals surface area (Å²) in [7, 11) is 0. The standard InChI is InChI=1S/C26H21N3O6/c1-2-12-33-17-7-5-6-16(13-17)24-20-11-10-18(14-23(20)35-25(28)21(24)15-27)34-26(30)19-8-3-4-9-22(19)29(31)32/h3-11,13-14,24H,2,12,28H2,1H3. The summed E-state index contributed by atoms with van der Waals surface area (Å²) in [5, 5.41) is 21.0. The number of nitro groups is 1. The second kappa shape index (κ2) is 9.97. The Hall–Kier alpha value is -4.84. The second-order valence-electron chi connectivity index (χ2n) is 7.71. The molecule has 0 aliphatic carbocycles. The van der Waals surface area contributed by atoms with Crippen LogP contribution in [0.15, 0.2) is 78.2 Å². The lowest BCUT2D eigenvalue weighted by Gasteiger charge is -2.27. The predicted octanol–water partition coefficient (Wildman–Crippen LogP) is 4.82. The quantitative estimate of drug-likeness (QED) is 0.224. The van der Waals surface area contributed by atoms with Gasteiger partial charge in [-0.3, -0.25) is 10.1 Å². The van der Waals surface area contributed by atoms with E-state index in [2.05, 4.69) is 6.07 Å². The van der Waals surface area contributed by atoms with Gasteiger partial charge in [-0.05, 0) is 36.2 Å². The Kier molecular flexibility index (Phi) is 6.64. The number of fused-ring (bicyclic) bond motifs is 1. The highest BCUT2D eigenvalue weighted by Crippen LogP contribution is 2.44. The summed E-state index contributed by atoms with van der Waals surface area (Å²) in [4.78, 5) is 23.2. The van der Waals surface area contributed by atoms with Crippen LogP contribution in [0.3, 0.4) is 0 Å². The minimum Gasteiger partial charge on any atom is -0.494 e. The summed E-state index contributed by atoms with van der Waals surface area (Å²) in [5.74, 6) is -0.381. The van der Waals surface area contributed by atoms with Gasteiger partial charge in [0.05, 0.1) is 17.4 Å². The number of benzene rings is 3. The van der Waals surface area contributed by atoms with Gasteiger partial charge < -0.3 is 19.9 Å². The number of esters is 1. The lowest BCUT2D eigenvalue weighted by molar-refractivity contribution is -0.385. The molecule has 3 aromatic rings. The minimum atomic E-state index is -0.883. The van der Waals surface area contributed by atoms with Crippen molar-refractivity contribution in [2.24, 2.45) is 5.73 Å². The maximum Gasteiger partial charge on any atom is 0.350 e. The lowest BCUT2D eigenvalue weighted by Crippen LogP contribution is -2.21. The number of nitrogens with zero attached hydrogens (tertiary/aromatic N) is 2. The Morgan fingerprint density at radius 1 is 1.14 bits per heavy atom. The Morgan fingerprint density at radius 2 is 1.94 bits per heavy atom. The van der Waals surface area contributed by atoms with E-state index in [4.69, 9.17) is 19.9 Å². The van der Waals surface area contributed by atoms with Crippen molar-refractivity contribution >= 4 is 11.7 Å². The average molecular weight is 471 g/mol. The number of para-hydroxylation sites is 1. The van der Waals surface area contributed by atoms with Crippen molar-refractivity contribution in [1.82, 2.24) is 0 Å². The van der Waals surface area contributed by atoms with Gasteiger partial charge in [-0.25, -0.2) is 4.79 Å². The Bertz CT molecular complexity index is 1380. The van der Waals surface area contributed by atoms with Gasteiger partial charge in [-0.15, -0.1) is 0 Å². The van der Waals surface area contributed by atoms with Crippen LogP contribution in [0.25, 0.3) is 0 Å². The van der Waals surface area contributed by atoms with Crippen LogP contribution in [0.2, 0.25) is 0 Å². The van der Waals surface area contributed by atoms with E-state index in [0.717, 1.165) is 12.0 Å². The highest BCUT2D eigenvalue weighted by atomic mass is 16.6. The molecular formula is C26H21N3O6. The molecule has 1 atom stereocenters. The molecule has 0 saturated heterocycles. The van der Waals surface area contributed by atoms with E-state index in [9.17, 15) is 20.2 Å². The molecule has 0 spiro atoms. The first-order chi connectivity index (χ1) is 16.9. The van der Waals surface area contributed by atoms with Crippen molar-refractivity contribution in [2.75, 3.05) is 6.61 Å². The molecule has 2 N–H and O–H groups in total. The van der Waals surface area contributed by atoms with E-state index in [1.807, 2.05) is 31.2 Å². The van der Waals surface area contributed by atoms with E-state index in [1.165, 1.54) is 36.4 Å². The molecule has 0 saturated carbocycles. The number of nitrogens with two attached hydrogens (primary N) is 1. The van der Waals surface area contributed by atoms with E-state index >= 15 is 0 Å². The van der Waals surface area contributed by atoms with Gasteiger partial charge in [-0.1, -0.05) is 37.3 Å². The van der Waals surface area contributed by atoms with Gasteiger partial charge in [0.1, 0.15) is 34.5 Å². The van der Waals surface area contributed by atoms with E-state index in [-0.39, 0.29) is 28.5 Å². The first-order valence-electron chi connectivity index (χ1n) is 10.8. The number of carbonyl (C=O) groups is 1. The number of rotatable bonds is 7. The van der Waals surface area contributed by atoms with Gasteiger partial charge in [0.2, 0.25) is 5.88 Å². The molecule has 35 heavy (non-hydrogen) atoms. The highest BCUT2D eigenvalue weighted by molar-refractivity contribution is 5.95. The van der Waals surface area contributed by atoms with Crippen molar-refractivity contribution in [1.29, 1.82) is 5.26 Å². The van der Waals surface area contributed by atoms with Gasteiger partial charge in [-0.2, -0.15) is 5.26 Å². The van der Waals surface area contributed by atoms with Gasteiger partial charge in [0, 0.05) is 17.7 Å². The van der Waals surface area contributed by atoms with Crippen LogP contribution in [0.5, 0.6) is 17.2 Å². The molecule has 1 unspecified atom stereocenters. The average Bonchev–Trinajstić information content (AvgIpc) is 2.86. The van der Waals surface area contributed by atoms with Crippen LogP contribution in [0.1, 0.15) is 40.7 Å². The molecule has 0 aromatic heterocycles. The van der Waals surface area contributed by atoms with Crippen molar-refractivity contribution in [3.63, 3.8) is 0 Å². The van der Waals surface area contributed by atoms with E-state index < -0.39 is 16.8 Å². The lowest BCUT2D eigenvalue weighted by atomic mass is 9.83. The van der Waals surface area contributed by atoms with Crippen molar-refractivity contribution in [3.8, 4) is 23.3 Å². The molecular weight excluding hydrogens is 450 g/mol. The molecule has 1 heterocycles. The van der Waals surface area contributed by atoms with Crippen LogP contribution in [-0.2, 0) is 0 Å². The van der Waals surface area contributed by atoms with E-state index in [0.29, 0.717) is 23.7 Å². The van der Waals surface area contributed by atoms with E-state index in [1.54, 1.807) is 6.07 Å². The number of hydrogen-bond acceptors (Lipinski definition) is 8. The number of allylic oxidation sites excluding steroid dienone is 1. The molecule has 0 fully saturated rings. The first kappa shape index (κ1) is 23.3. The maximum atomic E-state index is 12.6. The minimum absolute atomic E-state index is 0.0629. The number of nitro benzene ring substituents is 1. The van der Waals surface area contributed by atoms with Gasteiger partial charge in [0.15, 0.2) is 0 Å². The third-order valence-corrected chi connectivity index (χ3v) is 5.39. The fourth-order valence-corrected chi connectivity index (χ4v) is 3.81. The molecule has 3 aromatic carbocycles. The molecule has 0 radical (unpaired) electrons. The Morgan fingerprint density at radius 3 is 2.69 bits per heavy atom. The zero-order valence-corrected chi connectivity index (χ0v) is 18.8. The number of ether oxygens (including phenoxy) is 3. The summed E-state index contributed by atoms with van der Waals surface area (Å²) in [6.07, 6.45) is 0.855. The largest absolute Gasteiger partial charge is 0.494 e. The monoisotopic (exact) mass is 471 g/mol. The third-order valence-electron chi connectivity index (χ3n) is 5.39. The second-order valence-corrected chi connectivity index (χ2v) is 7.71. The van der Waals surface area contributed by atoms with Crippen LogP contribution in [0.4, 0.5) is 5.69 Å². The molecule has 4 rings (SSSR count). The predicted molar refractivity (Wildman–Crippen MR) is 126 cm³/mol. The molecule has 176 valence electrons. The summed E-state index contributed by atoms with van der Waals surface area (Å²) >= 11 is 0. The van der Waals surface area contributed by atoms with Crippen molar-refractivity contribution in [3.05, 3.63) is 105 Å². The van der Waals surface area contributed by atoms with Crippen LogP contribution >= 0.6 is 0 Å². The Labute approximate surface area is 201 Å². The van der Waals surface area contributed by atoms with Crippen molar-refractivity contribution < 1.29 is 23.9 Å². The summed E-state index contributed by atoms with van der Waals surface area (Å²) < 4.78 is 16.8. The van der Waals surface area contributed by atoms with Gasteiger partial charge in [0.25, 0.3) is 5.69 Å². The first-order valence-corrected chi connectivity index (χ1v) is 10.8. The Balaban J connectivity index is 1.68. The topological polar surface area (TPSA) is 138 Å². The van der Waals surface area contributed by atoms with Crippen molar-refractivity contribution in [2.45, 2.75) is 19.3 Å². The molecule has 0 bridgehead atoms. The fourth-order valence-electron chi connectivity index (χ4n) is 3.81. The van der Waals surface area contributed by atoms with Crippen LogP contribution in [0, 0.1) is 21.4 Å². The van der Waals surface area contributed by atoms with Crippen LogP contribution in [-0.4, -0.2) is 17.5 Å². The highest BCUT2D eigenvalue weighted by Gasteiger charge is 2.31. The SMILES string of the molecule is CCCOc1cccc(C2C(C#N)=C(N)Oc3cc(OC(=O)c4ccccc4[N+](=O)[O-])ccc32)c1. The molecule has 9 nitrogen and oxygen atoms in total. The summed E-state index contributed by atoms with van der Waals surface area (Å²) in [6.45, 7) is 2.57. The molecule has 1 aliphatic heterocycles. The smallest absolute Gasteiger partial charge is 0.350 e. The zero-order valence-electron chi connectivity index (χ0n) is 18.8. The number of hydrogen-bond donors (Lipinski definition) is 1.